The predicted octanol–water partition coefficient (Wildman–Crippen LogP) is 0.0364. The number of aromatic nitrogens is 4. The molecule has 2 aliphatic heterocycles. The van der Waals surface area contributed by atoms with Crippen LogP contribution in [0.4, 0.5) is 5.13 Å². The number of anilines is 1. The minimum absolute atomic E-state index is 0.0777. The molecule has 2 aromatic rings. The van der Waals surface area contributed by atoms with E-state index in [1.54, 1.807) is 0 Å². The van der Waals surface area contributed by atoms with Crippen molar-refractivity contribution >= 4 is 63.5 Å². The van der Waals surface area contributed by atoms with Crippen LogP contribution in [0.5, 0.6) is 0 Å². The van der Waals surface area contributed by atoms with Crippen molar-refractivity contribution in [1.29, 1.82) is 0 Å². The van der Waals surface area contributed by atoms with Crippen LogP contribution in [0.3, 0.4) is 0 Å². The Kier molecular flexibility index (Phi) is 5.59. The number of carbonyl (C=O) groups is 3. The van der Waals surface area contributed by atoms with Gasteiger partial charge in [0.1, 0.15) is 16.8 Å². The van der Waals surface area contributed by atoms with Crippen LogP contribution in [-0.4, -0.2) is 69.7 Å². The van der Waals surface area contributed by atoms with Gasteiger partial charge < -0.3 is 21.4 Å². The number of carboxylic acids is 1. The van der Waals surface area contributed by atoms with Crippen LogP contribution in [0.15, 0.2) is 20.8 Å². The normalized spacial score (nSPS) is 21.0. The summed E-state index contributed by atoms with van der Waals surface area (Å²) >= 11 is 3.19. The van der Waals surface area contributed by atoms with Crippen LogP contribution in [-0.2, 0) is 14.4 Å². The summed E-state index contributed by atoms with van der Waals surface area (Å²) in [6, 6.07) is -1.52. The van der Waals surface area contributed by atoms with Crippen molar-refractivity contribution in [2.75, 3.05) is 5.73 Å². The van der Waals surface area contributed by atoms with Crippen molar-refractivity contribution in [3.63, 3.8) is 0 Å². The molecule has 2 amide bonds. The zero-order valence-corrected chi connectivity index (χ0v) is 18.1. The first kappa shape index (κ1) is 21.1. The molecule has 4 heterocycles. The van der Waals surface area contributed by atoms with Gasteiger partial charge in [-0.2, -0.15) is 9.36 Å². The fourth-order valence-corrected chi connectivity index (χ4v) is 5.35. The van der Waals surface area contributed by atoms with Crippen LogP contribution in [0.2, 0.25) is 0 Å². The molecule has 1 saturated heterocycles. The van der Waals surface area contributed by atoms with Gasteiger partial charge in [0.05, 0.1) is 10.9 Å². The van der Waals surface area contributed by atoms with E-state index in [2.05, 4.69) is 29.4 Å². The Balaban J connectivity index is 1.53. The standard InChI is InChI=1S/C15H14N8O5S3/c1-4-12(19-22-30-4)29-6-3-2-5-7(13(25)23(5)9(6)14(26)27)17-11(24)8(20-28)10-18-15(16)31-21-10/h5,7,28H,2-3H2,1H3,(H,17,24)(H,26,27)(H2,16,18,21)/b20-8-. The minimum atomic E-state index is -1.24. The Morgan fingerprint density at radius 3 is 2.74 bits per heavy atom. The van der Waals surface area contributed by atoms with Crippen LogP contribution in [0, 0.1) is 6.92 Å². The highest BCUT2D eigenvalue weighted by molar-refractivity contribution is 8.03. The quantitative estimate of drug-likeness (QED) is 0.188. The molecule has 0 spiro atoms. The van der Waals surface area contributed by atoms with E-state index in [1.807, 2.05) is 6.92 Å². The Morgan fingerprint density at radius 2 is 2.16 bits per heavy atom. The Labute approximate surface area is 186 Å². The first-order valence-corrected chi connectivity index (χ1v) is 11.1. The second kappa shape index (κ2) is 8.20. The number of hydrogen-bond acceptors (Lipinski definition) is 13. The predicted molar refractivity (Wildman–Crippen MR) is 110 cm³/mol. The minimum Gasteiger partial charge on any atom is -0.477 e. The number of β-lactam (4-membered cyclic amide) rings is 1. The topological polar surface area (TPSA) is 197 Å². The Morgan fingerprint density at radius 1 is 1.39 bits per heavy atom. The van der Waals surface area contributed by atoms with E-state index in [9.17, 15) is 24.7 Å². The van der Waals surface area contributed by atoms with E-state index < -0.39 is 35.6 Å². The van der Waals surface area contributed by atoms with E-state index in [0.29, 0.717) is 22.8 Å². The maximum absolute atomic E-state index is 12.7. The van der Waals surface area contributed by atoms with Crippen molar-refractivity contribution in [1.82, 2.24) is 29.2 Å². The Bertz CT molecular complexity index is 1140. The van der Waals surface area contributed by atoms with Gasteiger partial charge in [0.2, 0.25) is 11.5 Å². The van der Waals surface area contributed by atoms with Gasteiger partial charge >= 0.3 is 5.97 Å². The molecule has 2 unspecified atom stereocenters. The van der Waals surface area contributed by atoms with E-state index in [0.717, 1.165) is 16.4 Å². The maximum atomic E-state index is 12.7. The SMILES string of the molecule is Cc1snnc1SC1=C(C(=O)O)N2C(=O)C(NC(=O)/C(=N\O)c3nsc(N)n3)C2CC1. The number of aryl methyl sites for hydroxylation is 1. The van der Waals surface area contributed by atoms with Crippen molar-refractivity contribution in [2.24, 2.45) is 5.16 Å². The summed E-state index contributed by atoms with van der Waals surface area (Å²) in [5.41, 5.74) is 4.85. The molecular weight excluding hydrogens is 468 g/mol. The molecule has 2 atom stereocenters. The summed E-state index contributed by atoms with van der Waals surface area (Å²) < 4.78 is 7.65. The largest absolute Gasteiger partial charge is 0.477 e. The molecule has 5 N–H and O–H groups in total. The van der Waals surface area contributed by atoms with Gasteiger partial charge in [-0.05, 0) is 31.3 Å². The number of nitrogens with zero attached hydrogens (tertiary/aromatic N) is 6. The molecule has 0 bridgehead atoms. The monoisotopic (exact) mass is 482 g/mol. The highest BCUT2D eigenvalue weighted by atomic mass is 32.2. The number of nitrogens with one attached hydrogen (secondary N) is 1. The maximum Gasteiger partial charge on any atom is 0.353 e. The van der Waals surface area contributed by atoms with E-state index in [4.69, 9.17) is 5.73 Å². The molecule has 2 aromatic heterocycles. The van der Waals surface area contributed by atoms with Gasteiger partial charge in [-0.15, -0.1) is 5.10 Å². The summed E-state index contributed by atoms with van der Waals surface area (Å²) in [5.74, 6) is -2.87. The van der Waals surface area contributed by atoms with Crippen molar-refractivity contribution in [2.45, 2.75) is 36.9 Å². The highest BCUT2D eigenvalue weighted by Gasteiger charge is 2.54. The summed E-state index contributed by atoms with van der Waals surface area (Å²) in [6.45, 7) is 1.82. The van der Waals surface area contributed by atoms with E-state index >= 15 is 0 Å². The molecule has 2 aliphatic rings. The second-order valence-corrected chi connectivity index (χ2v) is 9.31. The third kappa shape index (κ3) is 3.72. The van der Waals surface area contributed by atoms with Crippen molar-refractivity contribution in [3.05, 3.63) is 21.3 Å². The number of aliphatic carboxylic acids is 1. The average Bonchev–Trinajstić information content (AvgIpc) is 3.34. The third-order valence-corrected chi connectivity index (χ3v) is 7.21. The first-order valence-electron chi connectivity index (χ1n) is 8.70. The molecular formula is C15H14N8O5S3. The molecule has 4 rings (SSSR count). The number of hydrogen-bond donors (Lipinski definition) is 4. The molecule has 0 radical (unpaired) electrons. The third-order valence-electron chi connectivity index (χ3n) is 4.68. The summed E-state index contributed by atoms with van der Waals surface area (Å²) in [5, 5.41) is 28.9. The van der Waals surface area contributed by atoms with Crippen LogP contribution >= 0.6 is 34.8 Å². The van der Waals surface area contributed by atoms with Gasteiger partial charge in [-0.1, -0.05) is 21.4 Å². The lowest BCUT2D eigenvalue weighted by Crippen LogP contribution is -2.72. The lowest BCUT2D eigenvalue weighted by Gasteiger charge is -2.49. The smallest absolute Gasteiger partial charge is 0.353 e. The average molecular weight is 483 g/mol. The molecule has 1 fully saturated rings. The van der Waals surface area contributed by atoms with Gasteiger partial charge in [-0.25, -0.2) is 4.79 Å². The lowest BCUT2D eigenvalue weighted by molar-refractivity contribution is -0.155. The summed E-state index contributed by atoms with van der Waals surface area (Å²) in [7, 11) is 0. The van der Waals surface area contributed by atoms with Crippen LogP contribution < -0.4 is 11.1 Å². The molecule has 0 aliphatic carbocycles. The van der Waals surface area contributed by atoms with Crippen molar-refractivity contribution < 1.29 is 24.7 Å². The Hall–Kier alpha value is -3.11. The number of carboxylic acid groups (broad SMARTS) is 1. The molecule has 162 valence electrons. The van der Waals surface area contributed by atoms with Gasteiger partial charge in [0.25, 0.3) is 11.8 Å². The number of carbonyl (C=O) groups excluding carboxylic acids is 2. The number of oxime groups is 1. The second-order valence-electron chi connectivity index (χ2n) is 6.48. The van der Waals surface area contributed by atoms with E-state index in [1.165, 1.54) is 28.2 Å². The van der Waals surface area contributed by atoms with Crippen LogP contribution in [0.1, 0.15) is 23.5 Å². The molecule has 0 aromatic carbocycles. The van der Waals surface area contributed by atoms with Crippen molar-refractivity contribution in [3.8, 4) is 0 Å². The number of fused-ring (bicyclic) bond motifs is 1. The fraction of sp³-hybridized carbons (Fsp3) is 0.333. The number of allylic oxidation sites excluding steroid dienone is 1. The summed E-state index contributed by atoms with van der Waals surface area (Å²) in [6.07, 6.45) is 0.815. The first-order chi connectivity index (χ1) is 14.8. The number of rotatable bonds is 6. The molecule has 13 nitrogen and oxygen atoms in total. The summed E-state index contributed by atoms with van der Waals surface area (Å²) in [4.78, 5) is 43.5. The van der Waals surface area contributed by atoms with Crippen LogP contribution in [0.25, 0.3) is 0 Å². The molecule has 0 saturated carbocycles. The van der Waals surface area contributed by atoms with Gasteiger partial charge in [0, 0.05) is 16.4 Å². The molecule has 31 heavy (non-hydrogen) atoms. The lowest BCUT2D eigenvalue weighted by atomic mass is 9.86. The van der Waals surface area contributed by atoms with E-state index in [-0.39, 0.29) is 16.7 Å². The number of amides is 2. The molecule has 16 heteroatoms. The van der Waals surface area contributed by atoms with Gasteiger partial charge in [-0.3, -0.25) is 14.5 Å². The number of nitrogen functional groups attached to an aromatic ring is 1. The zero-order valence-electron chi connectivity index (χ0n) is 15.7. The highest BCUT2D eigenvalue weighted by Crippen LogP contribution is 2.43. The number of nitrogens with two attached hydrogens (primary N) is 1. The number of thioether (sulfide) groups is 1. The van der Waals surface area contributed by atoms with Gasteiger partial charge in [0.15, 0.2) is 5.13 Å². The fourth-order valence-electron chi connectivity index (χ4n) is 3.30. The zero-order chi connectivity index (χ0) is 22.3.